The minimum absolute atomic E-state index is 0.0893. The molecule has 1 aromatic heterocycles. The van der Waals surface area contributed by atoms with Crippen LogP contribution < -0.4 is 0 Å². The quantitative estimate of drug-likeness (QED) is 0.0338. The average molecular weight is 1520 g/mol. The van der Waals surface area contributed by atoms with Crippen molar-refractivity contribution >= 4 is 115 Å². The Bertz CT molecular complexity index is 2200. The van der Waals surface area contributed by atoms with Gasteiger partial charge in [-0.15, -0.1) is 23.5 Å². The van der Waals surface area contributed by atoms with E-state index in [0.717, 1.165) is 36.7 Å². The Labute approximate surface area is 639 Å². The Morgan fingerprint density at radius 2 is 0.969 bits per heavy atom. The van der Waals surface area contributed by atoms with Crippen molar-refractivity contribution in [2.45, 2.75) is 292 Å². The normalized spacial score (nSPS) is 13.7. The number of carbonyl (C=O) groups is 2. The van der Waals surface area contributed by atoms with Crippen LogP contribution in [0.25, 0.3) is 0 Å². The fourth-order valence-corrected chi connectivity index (χ4v) is 16.8. The van der Waals surface area contributed by atoms with Gasteiger partial charge in [0.05, 0.1) is 35.3 Å². The molecule has 0 amide bonds. The first-order valence-corrected chi connectivity index (χ1v) is 47.9. The molecule has 2 aromatic carbocycles. The number of esters is 1. The van der Waals surface area contributed by atoms with E-state index in [1.165, 1.54) is 141 Å². The number of hydrogen-bond donors (Lipinski definition) is 0. The van der Waals surface area contributed by atoms with E-state index >= 15 is 0 Å². The number of benzene rings is 2. The molecular weight excluding hydrogens is 1370 g/mol. The summed E-state index contributed by atoms with van der Waals surface area (Å²) in [6, 6.07) is 23.4. The topological polar surface area (TPSA) is 90.4 Å². The van der Waals surface area contributed by atoms with Gasteiger partial charge < -0.3 is 4.74 Å². The molecule has 3 aromatic rings. The van der Waals surface area contributed by atoms with Crippen LogP contribution in [0.1, 0.15) is 281 Å². The van der Waals surface area contributed by atoms with Gasteiger partial charge in [-0.2, -0.15) is 63.2 Å². The second kappa shape index (κ2) is 65.2. The van der Waals surface area contributed by atoms with Gasteiger partial charge in [0.1, 0.15) is 5.78 Å². The summed E-state index contributed by atoms with van der Waals surface area (Å²) in [7, 11) is -2.67. The van der Waals surface area contributed by atoms with Gasteiger partial charge in [0.15, 0.2) is 9.84 Å². The number of nitrogens with zero attached hydrogens (tertiary/aromatic N) is 1. The number of ketones is 1. The molecule has 2 heterocycles. The van der Waals surface area contributed by atoms with Crippen LogP contribution >= 0.6 is 93.9 Å². The van der Waals surface area contributed by atoms with E-state index in [2.05, 4.69) is 242 Å². The van der Waals surface area contributed by atoms with Crippen molar-refractivity contribution in [3.63, 3.8) is 0 Å². The lowest BCUT2D eigenvalue weighted by Crippen LogP contribution is -2.14. The maximum absolute atomic E-state index is 11.1. The molecule has 97 heavy (non-hydrogen) atoms. The molecule has 1 aliphatic heterocycles. The van der Waals surface area contributed by atoms with Crippen LogP contribution in [0.3, 0.4) is 0 Å². The van der Waals surface area contributed by atoms with Gasteiger partial charge in [-0.05, 0) is 249 Å². The zero-order valence-corrected chi connectivity index (χ0v) is 75.3. The molecule has 2 atom stereocenters. The van der Waals surface area contributed by atoms with Crippen LogP contribution in [-0.2, 0) is 30.6 Å². The predicted octanol–water partition coefficient (Wildman–Crippen LogP) is 27.5. The van der Waals surface area contributed by atoms with Crippen molar-refractivity contribution in [2.24, 2.45) is 44.3 Å². The van der Waals surface area contributed by atoms with Crippen LogP contribution in [-0.4, -0.2) is 113 Å². The number of ether oxygens (including phenoxy) is 1. The monoisotopic (exact) mass is 1520 g/mol. The molecule has 572 valence electrons. The first-order valence-electron chi connectivity index (χ1n) is 36.8. The molecular formula is C82H155NO5S9. The minimum atomic E-state index is -2.67. The van der Waals surface area contributed by atoms with E-state index in [1.54, 1.807) is 42.0 Å². The number of hydrogen-bond acceptors (Lipinski definition) is 14. The molecule has 0 spiro atoms. The van der Waals surface area contributed by atoms with Crippen molar-refractivity contribution in [3.8, 4) is 0 Å². The van der Waals surface area contributed by atoms with Crippen molar-refractivity contribution in [1.29, 1.82) is 0 Å². The summed E-state index contributed by atoms with van der Waals surface area (Å²) in [5, 5.41) is 2.04. The number of carbonyl (C=O) groups excluding carboxylic acids is 2. The van der Waals surface area contributed by atoms with Crippen LogP contribution in [0.5, 0.6) is 0 Å². The highest BCUT2D eigenvalue weighted by atomic mass is 32.2. The molecule has 0 saturated carbocycles. The van der Waals surface area contributed by atoms with Gasteiger partial charge in [0.2, 0.25) is 0 Å². The van der Waals surface area contributed by atoms with E-state index in [1.807, 2.05) is 71.1 Å². The molecule has 0 bridgehead atoms. The van der Waals surface area contributed by atoms with Gasteiger partial charge >= 0.3 is 5.97 Å². The number of rotatable bonds is 32. The summed E-state index contributed by atoms with van der Waals surface area (Å²) < 4.78 is 31.3. The van der Waals surface area contributed by atoms with Crippen LogP contribution in [0.15, 0.2) is 81.9 Å². The second-order valence-electron chi connectivity index (χ2n) is 32.7. The lowest BCUT2D eigenvalue weighted by Gasteiger charge is -2.22. The lowest BCUT2D eigenvalue weighted by atomic mass is 9.84. The van der Waals surface area contributed by atoms with Crippen LogP contribution in [0.4, 0.5) is 0 Å². The van der Waals surface area contributed by atoms with Crippen molar-refractivity contribution in [3.05, 3.63) is 77.8 Å². The third-order valence-corrected chi connectivity index (χ3v) is 22.9. The molecule has 2 unspecified atom stereocenters. The van der Waals surface area contributed by atoms with Crippen LogP contribution in [0, 0.1) is 44.3 Å². The van der Waals surface area contributed by atoms with Crippen LogP contribution in [0.2, 0.25) is 0 Å². The molecule has 15 heteroatoms. The molecule has 1 aliphatic rings. The van der Waals surface area contributed by atoms with Gasteiger partial charge in [-0.25, -0.2) is 8.42 Å². The number of thioether (sulfide) groups is 7. The predicted molar refractivity (Wildman–Crippen MR) is 461 cm³/mol. The summed E-state index contributed by atoms with van der Waals surface area (Å²) in [6.07, 6.45) is 29.0. The zero-order chi connectivity index (χ0) is 75.3. The SMILES string of the molecule is CC(C)(C)CC1CCS(=O)(=O)C1.CC(C)(C)CCCSc1ccccc1.CC(C)(C)CCCSc1ccccc1.CC(C)(C)CCc1ccsn1.CCCCSC.CCCCSCC(=O)OCC.CCCCSCC(C)=O.CSCC(C)CC(C)(C)C.CSCCCCC(C)(C)C. The van der Waals surface area contributed by atoms with E-state index in [4.69, 9.17) is 4.74 Å². The number of sulfone groups is 1. The fourth-order valence-electron chi connectivity index (χ4n) is 9.03. The smallest absolute Gasteiger partial charge is 0.315 e. The highest BCUT2D eigenvalue weighted by Gasteiger charge is 2.30. The first kappa shape index (κ1) is 105. The van der Waals surface area contributed by atoms with E-state index in [-0.39, 0.29) is 17.2 Å². The molecule has 0 radical (unpaired) electrons. The average Bonchev–Trinajstić information content (AvgIpc) is 1.73. The van der Waals surface area contributed by atoms with Gasteiger partial charge in [-0.3, -0.25) is 9.59 Å². The third kappa shape index (κ3) is 95.6. The Hall–Kier alpha value is -0.390. The highest BCUT2D eigenvalue weighted by Crippen LogP contribution is 2.32. The van der Waals surface area contributed by atoms with E-state index in [0.29, 0.717) is 62.6 Å². The van der Waals surface area contributed by atoms with Gasteiger partial charge in [-0.1, -0.05) is 214 Å². The molecule has 0 N–H and O–H groups in total. The third-order valence-electron chi connectivity index (χ3n) is 13.8. The maximum atomic E-state index is 11.1. The van der Waals surface area contributed by atoms with Crippen molar-refractivity contribution in [2.75, 3.05) is 88.7 Å². The largest absolute Gasteiger partial charge is 0.465 e. The summed E-state index contributed by atoms with van der Waals surface area (Å²) in [5.41, 5.74) is 3.96. The summed E-state index contributed by atoms with van der Waals surface area (Å²) in [4.78, 5) is 23.9. The summed E-state index contributed by atoms with van der Waals surface area (Å²) in [5.74, 6) is 12.2. The van der Waals surface area contributed by atoms with Gasteiger partial charge in [0, 0.05) is 15.2 Å². The number of unbranched alkanes of at least 4 members (excludes halogenated alkanes) is 4. The molecule has 1 saturated heterocycles. The Kier molecular flexibility index (Phi) is 70.7. The molecule has 6 nitrogen and oxygen atoms in total. The van der Waals surface area contributed by atoms with Crippen molar-refractivity contribution < 1.29 is 22.7 Å². The molecule has 1 fully saturated rings. The van der Waals surface area contributed by atoms with Crippen molar-refractivity contribution in [1.82, 2.24) is 4.37 Å². The summed E-state index contributed by atoms with van der Waals surface area (Å²) >= 11 is 14.7. The van der Waals surface area contributed by atoms with Gasteiger partial charge in [0.25, 0.3) is 0 Å². The zero-order valence-electron chi connectivity index (χ0n) is 68.0. The van der Waals surface area contributed by atoms with E-state index < -0.39 is 9.84 Å². The lowest BCUT2D eigenvalue weighted by molar-refractivity contribution is -0.139. The molecule has 4 rings (SSSR count). The van der Waals surface area contributed by atoms with E-state index in [9.17, 15) is 18.0 Å². The summed E-state index contributed by atoms with van der Waals surface area (Å²) in [6.45, 7) is 53.8. The number of Topliss-reactive ketones (excluding diaryl/α,β-unsaturated/α-hetero) is 1. The number of aryl methyl sites for hydroxylation is 1. The Balaban J connectivity index is -0.000000330. The minimum Gasteiger partial charge on any atom is -0.465 e. The first-order chi connectivity index (χ1) is 45.0. The standard InChI is InChI=1S/2C13H20S.C9H15NS.C9H18O2S.2C9H20S.C8H16O2S.C7H14OS.C5H12S/c2*1-13(2,3)10-7-11-14-12-8-5-4-6-9-12;1-9(2,3)6-4-8-5-7-11-10-8;1-9(2,3)6-8-4-5-12(10,11)7-8;1-8(7-10-5)6-9(2,3)4;1-9(2,3)7-5-6-8-10-4;1-3-5-6-11-7-8(9)10-4-2;1-3-4-5-9-6-7(2)8;1-3-4-5-6-2/h2*4-6,8-9H,7,10-11H2,1-3H3;5,7H,4,6H2,1-3H3;8H,4-7H2,1-3H3;8H,6-7H2,1-5H3;5-8H2,1-4H3;3-7H2,1-2H3;3-6H2,1-2H3;3-5H2,1-2H3. The Morgan fingerprint density at radius 3 is 1.31 bits per heavy atom. The number of aromatic nitrogens is 1. The molecule has 0 aliphatic carbocycles. The second-order valence-corrected chi connectivity index (χ2v) is 43.1. The Morgan fingerprint density at radius 1 is 0.536 bits per heavy atom. The highest BCUT2D eigenvalue weighted by molar-refractivity contribution is 8.00. The fraction of sp³-hybridized carbons (Fsp3) is 0.793. The maximum Gasteiger partial charge on any atom is 0.315 e.